The van der Waals surface area contributed by atoms with E-state index in [1.54, 1.807) is 10.6 Å². The highest BCUT2D eigenvalue weighted by Crippen LogP contribution is 2.24. The molecule has 1 aliphatic heterocycles. The minimum atomic E-state index is -0.627. The molecule has 0 radical (unpaired) electrons. The number of hydrogen-bond donors (Lipinski definition) is 1. The van der Waals surface area contributed by atoms with Crippen LogP contribution in [0.3, 0.4) is 0 Å². The zero-order chi connectivity index (χ0) is 25.6. The van der Waals surface area contributed by atoms with Crippen molar-refractivity contribution in [2.75, 3.05) is 25.0 Å². The number of halogens is 1. The van der Waals surface area contributed by atoms with E-state index < -0.39 is 17.6 Å². The molecule has 7 nitrogen and oxygen atoms in total. The van der Waals surface area contributed by atoms with E-state index in [-0.39, 0.29) is 24.8 Å². The van der Waals surface area contributed by atoms with Gasteiger partial charge in [0.05, 0.1) is 17.4 Å². The number of anilines is 1. The first-order valence-electron chi connectivity index (χ1n) is 12.2. The minimum absolute atomic E-state index is 0.0783. The van der Waals surface area contributed by atoms with Gasteiger partial charge in [-0.05, 0) is 37.1 Å². The number of amides is 2. The number of carbonyl (C=O) groups excluding carboxylic acids is 2. The van der Waals surface area contributed by atoms with Crippen LogP contribution in [-0.2, 0) is 9.53 Å². The van der Waals surface area contributed by atoms with Crippen molar-refractivity contribution >= 4 is 17.8 Å². The summed E-state index contributed by atoms with van der Waals surface area (Å²) in [6.07, 6.45) is 3.32. The van der Waals surface area contributed by atoms with Crippen LogP contribution in [-0.4, -0.2) is 52.1 Å². The summed E-state index contributed by atoms with van der Waals surface area (Å²) in [5.74, 6) is -1.30. The van der Waals surface area contributed by atoms with Crippen molar-refractivity contribution in [3.8, 4) is 16.9 Å². The van der Waals surface area contributed by atoms with Crippen LogP contribution in [0.2, 0.25) is 0 Å². The lowest BCUT2D eigenvalue weighted by atomic mass is 10.1. The summed E-state index contributed by atoms with van der Waals surface area (Å²) in [5.41, 5.74) is 2.34. The standard InChI is InChI=1S/C29H27FN4O3/c30-25-16-8-7-15-24(25)28(36)33(18-23-14-9-17-37-23)20-27(35)32-29-31-26(21-10-3-1-4-11-21)19-34(29)22-12-5-2-6-13-22/h1-8,10-13,15-16,19,23H,9,14,17-18,20H2,(H,31,32,35). The Morgan fingerprint density at radius 1 is 1.00 bits per heavy atom. The third kappa shape index (κ3) is 5.76. The molecule has 1 atom stereocenters. The molecule has 188 valence electrons. The smallest absolute Gasteiger partial charge is 0.257 e. The summed E-state index contributed by atoms with van der Waals surface area (Å²) in [4.78, 5) is 32.5. The average Bonchev–Trinajstić information content (AvgIpc) is 3.59. The van der Waals surface area contributed by atoms with Crippen LogP contribution >= 0.6 is 0 Å². The molecule has 3 aromatic carbocycles. The van der Waals surface area contributed by atoms with Crippen LogP contribution in [0, 0.1) is 5.82 Å². The largest absolute Gasteiger partial charge is 0.376 e. The Kier molecular flexibility index (Phi) is 7.37. The molecule has 0 aliphatic carbocycles. The van der Waals surface area contributed by atoms with E-state index in [1.165, 1.54) is 23.1 Å². The number of rotatable bonds is 8. The minimum Gasteiger partial charge on any atom is -0.376 e. The molecule has 5 rings (SSSR count). The van der Waals surface area contributed by atoms with E-state index in [1.807, 2.05) is 66.9 Å². The van der Waals surface area contributed by atoms with E-state index in [0.717, 1.165) is 24.1 Å². The molecule has 0 spiro atoms. The van der Waals surface area contributed by atoms with Gasteiger partial charge in [-0.2, -0.15) is 0 Å². The van der Waals surface area contributed by atoms with Crippen LogP contribution in [0.15, 0.2) is 91.1 Å². The lowest BCUT2D eigenvalue weighted by Gasteiger charge is -2.25. The van der Waals surface area contributed by atoms with Crippen molar-refractivity contribution in [3.63, 3.8) is 0 Å². The second-order valence-electron chi connectivity index (χ2n) is 8.87. The third-order valence-corrected chi connectivity index (χ3v) is 6.24. The predicted octanol–water partition coefficient (Wildman–Crippen LogP) is 4.94. The Morgan fingerprint density at radius 2 is 1.70 bits per heavy atom. The lowest BCUT2D eigenvalue weighted by molar-refractivity contribution is -0.117. The Balaban J connectivity index is 1.41. The van der Waals surface area contributed by atoms with Gasteiger partial charge in [-0.1, -0.05) is 60.7 Å². The molecule has 1 aromatic heterocycles. The van der Waals surface area contributed by atoms with Crippen molar-refractivity contribution in [2.45, 2.75) is 18.9 Å². The van der Waals surface area contributed by atoms with Crippen molar-refractivity contribution < 1.29 is 18.7 Å². The number of carbonyl (C=O) groups is 2. The van der Waals surface area contributed by atoms with E-state index in [0.29, 0.717) is 18.2 Å². The molecule has 0 saturated carbocycles. The molecule has 1 unspecified atom stereocenters. The molecular weight excluding hydrogens is 471 g/mol. The molecule has 2 heterocycles. The number of nitrogens with one attached hydrogen (secondary N) is 1. The molecule has 0 bridgehead atoms. The fourth-order valence-corrected chi connectivity index (χ4v) is 4.40. The first-order valence-corrected chi connectivity index (χ1v) is 12.2. The summed E-state index contributed by atoms with van der Waals surface area (Å²) in [5, 5.41) is 2.86. The molecule has 37 heavy (non-hydrogen) atoms. The zero-order valence-electron chi connectivity index (χ0n) is 20.2. The van der Waals surface area contributed by atoms with Crippen LogP contribution in [0.4, 0.5) is 10.3 Å². The van der Waals surface area contributed by atoms with Gasteiger partial charge in [-0.15, -0.1) is 0 Å². The summed E-state index contributed by atoms with van der Waals surface area (Å²) in [7, 11) is 0. The fraction of sp³-hybridized carbons (Fsp3) is 0.207. The van der Waals surface area contributed by atoms with E-state index in [2.05, 4.69) is 10.3 Å². The normalized spacial score (nSPS) is 14.9. The number of para-hydroxylation sites is 1. The number of hydrogen-bond acceptors (Lipinski definition) is 4. The molecule has 1 N–H and O–H groups in total. The maximum absolute atomic E-state index is 14.4. The number of ether oxygens (including phenoxy) is 1. The molecule has 1 aliphatic rings. The van der Waals surface area contributed by atoms with Crippen LogP contribution in [0.5, 0.6) is 0 Å². The van der Waals surface area contributed by atoms with Crippen molar-refractivity contribution in [1.82, 2.24) is 14.5 Å². The van der Waals surface area contributed by atoms with Crippen LogP contribution in [0.1, 0.15) is 23.2 Å². The van der Waals surface area contributed by atoms with Gasteiger partial charge in [0.15, 0.2) is 0 Å². The van der Waals surface area contributed by atoms with Gasteiger partial charge in [0.2, 0.25) is 11.9 Å². The monoisotopic (exact) mass is 498 g/mol. The van der Waals surface area contributed by atoms with E-state index in [4.69, 9.17) is 4.74 Å². The Morgan fingerprint density at radius 3 is 2.41 bits per heavy atom. The quantitative estimate of drug-likeness (QED) is 0.373. The van der Waals surface area contributed by atoms with Crippen LogP contribution in [0.25, 0.3) is 16.9 Å². The maximum atomic E-state index is 14.4. The Hall–Kier alpha value is -4.30. The van der Waals surface area contributed by atoms with Crippen molar-refractivity contribution in [1.29, 1.82) is 0 Å². The first-order chi connectivity index (χ1) is 18.1. The second-order valence-corrected chi connectivity index (χ2v) is 8.87. The second kappa shape index (κ2) is 11.2. The summed E-state index contributed by atoms with van der Waals surface area (Å²) in [6, 6.07) is 25.0. The van der Waals surface area contributed by atoms with Gasteiger partial charge in [0.25, 0.3) is 5.91 Å². The molecule has 4 aromatic rings. The van der Waals surface area contributed by atoms with Gasteiger partial charge < -0.3 is 9.64 Å². The molecule has 8 heteroatoms. The highest BCUT2D eigenvalue weighted by atomic mass is 19.1. The van der Waals surface area contributed by atoms with Gasteiger partial charge in [0.1, 0.15) is 12.4 Å². The van der Waals surface area contributed by atoms with Gasteiger partial charge in [-0.3, -0.25) is 19.5 Å². The number of benzene rings is 3. The summed E-state index contributed by atoms with van der Waals surface area (Å²) < 4.78 is 21.9. The topological polar surface area (TPSA) is 76.5 Å². The van der Waals surface area contributed by atoms with Crippen molar-refractivity contribution in [3.05, 3.63) is 103 Å². The first kappa shape index (κ1) is 24.4. The summed E-state index contributed by atoms with van der Waals surface area (Å²) in [6.45, 7) is 0.535. The van der Waals surface area contributed by atoms with E-state index in [9.17, 15) is 14.0 Å². The SMILES string of the molecule is O=C(CN(CC1CCCO1)C(=O)c1ccccc1F)Nc1nc(-c2ccccc2)cn1-c1ccccc1. The Bertz CT molecular complexity index is 1370. The lowest BCUT2D eigenvalue weighted by Crippen LogP contribution is -2.42. The maximum Gasteiger partial charge on any atom is 0.257 e. The third-order valence-electron chi connectivity index (χ3n) is 6.24. The Labute approximate surface area is 214 Å². The van der Waals surface area contributed by atoms with Gasteiger partial charge in [0, 0.05) is 30.6 Å². The molecule has 2 amide bonds. The molecular formula is C29H27FN4O3. The predicted molar refractivity (Wildman–Crippen MR) is 139 cm³/mol. The fourth-order valence-electron chi connectivity index (χ4n) is 4.40. The number of aromatic nitrogens is 2. The molecule has 1 fully saturated rings. The zero-order valence-corrected chi connectivity index (χ0v) is 20.2. The molecule has 1 saturated heterocycles. The van der Waals surface area contributed by atoms with Gasteiger partial charge >= 0.3 is 0 Å². The summed E-state index contributed by atoms with van der Waals surface area (Å²) >= 11 is 0. The highest BCUT2D eigenvalue weighted by molar-refractivity contribution is 5.99. The van der Waals surface area contributed by atoms with Crippen molar-refractivity contribution in [2.24, 2.45) is 0 Å². The van der Waals surface area contributed by atoms with Gasteiger partial charge in [-0.25, -0.2) is 9.37 Å². The van der Waals surface area contributed by atoms with Crippen LogP contribution < -0.4 is 5.32 Å². The van der Waals surface area contributed by atoms with E-state index >= 15 is 0 Å². The highest BCUT2D eigenvalue weighted by Gasteiger charge is 2.27. The average molecular weight is 499 g/mol. The number of nitrogens with zero attached hydrogens (tertiary/aromatic N) is 3. The number of imidazole rings is 1.